The van der Waals surface area contributed by atoms with Crippen LogP contribution in [0.2, 0.25) is 0 Å². The summed E-state index contributed by atoms with van der Waals surface area (Å²) in [6.45, 7) is 2.11. The largest absolute Gasteiger partial charge is 0.357 e. The molecule has 0 spiro atoms. The minimum Gasteiger partial charge on any atom is -0.269 e. The summed E-state index contributed by atoms with van der Waals surface area (Å²) in [6, 6.07) is 6.93. The molecule has 20 heavy (non-hydrogen) atoms. The van der Waals surface area contributed by atoms with Crippen molar-refractivity contribution in [3.8, 4) is 0 Å². The number of benzene rings is 1. The molecule has 2 aromatic rings. The summed E-state index contributed by atoms with van der Waals surface area (Å²) in [4.78, 5) is 5.65. The van der Waals surface area contributed by atoms with Crippen LogP contribution >= 0.6 is 11.3 Å². The predicted molar refractivity (Wildman–Crippen MR) is 80.5 cm³/mol. The topological polar surface area (TPSA) is 79.3 Å². The maximum Gasteiger partial charge on any atom is 0.357 e. The van der Waals surface area contributed by atoms with E-state index in [2.05, 4.69) is 11.9 Å². The number of anilines is 1. The maximum absolute atomic E-state index is 10.7. The van der Waals surface area contributed by atoms with Crippen molar-refractivity contribution in [1.29, 1.82) is 0 Å². The lowest BCUT2D eigenvalue weighted by atomic mass is 10.1. The fraction of sp³-hybridized carbons (Fsp3) is 0.308. The van der Waals surface area contributed by atoms with E-state index in [9.17, 15) is 8.42 Å². The molecule has 0 bridgehead atoms. The van der Waals surface area contributed by atoms with Crippen LogP contribution < -0.4 is 4.72 Å². The Morgan fingerprint density at radius 2 is 1.95 bits per heavy atom. The Bertz CT molecular complexity index is 663. The van der Waals surface area contributed by atoms with E-state index in [1.165, 1.54) is 4.88 Å². The minimum absolute atomic E-state index is 0.346. The molecule has 0 saturated carbocycles. The minimum atomic E-state index is -4.20. The number of rotatable bonds is 6. The molecule has 0 aliphatic heterocycles. The monoisotopic (exact) mass is 312 g/mol. The van der Waals surface area contributed by atoms with Crippen LogP contribution in [0.1, 0.15) is 22.4 Å². The van der Waals surface area contributed by atoms with Gasteiger partial charge in [-0.05, 0) is 30.5 Å². The van der Waals surface area contributed by atoms with Crippen molar-refractivity contribution in [3.63, 3.8) is 0 Å². The SMILES string of the molecule is CCc1cnc(CCc2ccc(NS(=O)(=O)O)cc2)s1. The molecule has 0 fully saturated rings. The molecule has 2 rings (SSSR count). The third-order valence-electron chi connectivity index (χ3n) is 2.78. The summed E-state index contributed by atoms with van der Waals surface area (Å²) in [5, 5.41) is 1.11. The quantitative estimate of drug-likeness (QED) is 0.804. The highest BCUT2D eigenvalue weighted by molar-refractivity contribution is 7.87. The lowest BCUT2D eigenvalue weighted by Gasteiger charge is -2.04. The second-order valence-electron chi connectivity index (χ2n) is 4.35. The maximum atomic E-state index is 10.7. The average Bonchev–Trinajstić information content (AvgIpc) is 2.84. The first-order valence-electron chi connectivity index (χ1n) is 6.24. The third-order valence-corrected chi connectivity index (χ3v) is 4.47. The predicted octanol–water partition coefficient (Wildman–Crippen LogP) is 2.71. The van der Waals surface area contributed by atoms with Crippen LogP contribution in [0.15, 0.2) is 30.5 Å². The number of hydrogen-bond donors (Lipinski definition) is 2. The van der Waals surface area contributed by atoms with Gasteiger partial charge in [0.15, 0.2) is 0 Å². The van der Waals surface area contributed by atoms with Crippen molar-refractivity contribution in [1.82, 2.24) is 4.98 Å². The van der Waals surface area contributed by atoms with Crippen molar-refractivity contribution in [2.75, 3.05) is 4.72 Å². The average molecular weight is 312 g/mol. The Balaban J connectivity index is 1.93. The van der Waals surface area contributed by atoms with Crippen molar-refractivity contribution < 1.29 is 13.0 Å². The number of nitrogens with one attached hydrogen (secondary N) is 1. The van der Waals surface area contributed by atoms with E-state index in [4.69, 9.17) is 4.55 Å². The highest BCUT2D eigenvalue weighted by Crippen LogP contribution is 2.17. The van der Waals surface area contributed by atoms with E-state index in [1.54, 1.807) is 23.5 Å². The van der Waals surface area contributed by atoms with Gasteiger partial charge < -0.3 is 0 Å². The van der Waals surface area contributed by atoms with Crippen LogP contribution in [0.3, 0.4) is 0 Å². The van der Waals surface area contributed by atoms with Crippen LogP contribution in [0, 0.1) is 0 Å². The van der Waals surface area contributed by atoms with E-state index in [0.29, 0.717) is 5.69 Å². The molecule has 0 aliphatic rings. The molecule has 0 aliphatic carbocycles. The van der Waals surface area contributed by atoms with E-state index in [-0.39, 0.29) is 0 Å². The summed E-state index contributed by atoms with van der Waals surface area (Å²) in [5.74, 6) is 0. The molecule has 2 N–H and O–H groups in total. The Hall–Kier alpha value is -1.44. The number of aryl methyl sites for hydroxylation is 3. The molecule has 0 atom stereocenters. The van der Waals surface area contributed by atoms with Crippen LogP contribution in [0.5, 0.6) is 0 Å². The van der Waals surface area contributed by atoms with Crippen LogP contribution in [-0.2, 0) is 29.6 Å². The van der Waals surface area contributed by atoms with Crippen LogP contribution in [0.25, 0.3) is 0 Å². The highest BCUT2D eigenvalue weighted by atomic mass is 32.2. The Morgan fingerprint density at radius 3 is 2.50 bits per heavy atom. The van der Waals surface area contributed by atoms with Gasteiger partial charge in [0.05, 0.1) is 10.7 Å². The molecule has 0 radical (unpaired) electrons. The smallest absolute Gasteiger partial charge is 0.269 e. The Kier molecular flexibility index (Phi) is 4.74. The van der Waals surface area contributed by atoms with Gasteiger partial charge in [0.2, 0.25) is 0 Å². The number of hydrogen-bond acceptors (Lipinski definition) is 4. The highest BCUT2D eigenvalue weighted by Gasteiger charge is 2.04. The van der Waals surface area contributed by atoms with Gasteiger partial charge in [0, 0.05) is 17.5 Å². The Morgan fingerprint density at radius 1 is 1.25 bits per heavy atom. The van der Waals surface area contributed by atoms with E-state index < -0.39 is 10.3 Å². The summed E-state index contributed by atoms with van der Waals surface area (Å²) in [5.41, 5.74) is 1.44. The molecule has 0 amide bonds. The number of aromatic nitrogens is 1. The first-order chi connectivity index (χ1) is 9.46. The Labute approximate surface area is 122 Å². The summed E-state index contributed by atoms with van der Waals surface area (Å²) in [7, 11) is -4.20. The van der Waals surface area contributed by atoms with Gasteiger partial charge in [-0.3, -0.25) is 9.27 Å². The third kappa shape index (κ3) is 4.59. The summed E-state index contributed by atoms with van der Waals surface area (Å²) < 4.78 is 32.0. The molecule has 7 heteroatoms. The van der Waals surface area contributed by atoms with E-state index >= 15 is 0 Å². The van der Waals surface area contributed by atoms with Gasteiger partial charge in [-0.15, -0.1) is 11.3 Å². The van der Waals surface area contributed by atoms with Gasteiger partial charge in [-0.2, -0.15) is 8.42 Å². The zero-order valence-corrected chi connectivity index (χ0v) is 12.7. The zero-order valence-electron chi connectivity index (χ0n) is 11.0. The fourth-order valence-corrected chi connectivity index (χ4v) is 3.06. The molecule has 5 nitrogen and oxygen atoms in total. The molecule has 0 saturated heterocycles. The molecule has 1 heterocycles. The first kappa shape index (κ1) is 15.0. The van der Waals surface area contributed by atoms with Gasteiger partial charge in [-0.1, -0.05) is 19.1 Å². The van der Waals surface area contributed by atoms with Crippen molar-refractivity contribution in [2.45, 2.75) is 26.2 Å². The summed E-state index contributed by atoms with van der Waals surface area (Å²) >= 11 is 1.73. The van der Waals surface area contributed by atoms with Crippen LogP contribution in [0.4, 0.5) is 5.69 Å². The van der Waals surface area contributed by atoms with E-state index in [1.807, 2.05) is 23.1 Å². The van der Waals surface area contributed by atoms with Crippen molar-refractivity contribution in [2.24, 2.45) is 0 Å². The van der Waals surface area contributed by atoms with Crippen molar-refractivity contribution in [3.05, 3.63) is 45.9 Å². The second-order valence-corrected chi connectivity index (χ2v) is 6.70. The van der Waals surface area contributed by atoms with Crippen LogP contribution in [-0.4, -0.2) is 18.0 Å². The zero-order chi connectivity index (χ0) is 14.6. The summed E-state index contributed by atoms with van der Waals surface area (Å²) in [6.07, 6.45) is 4.64. The normalized spacial score (nSPS) is 11.5. The van der Waals surface area contributed by atoms with E-state index in [0.717, 1.165) is 29.8 Å². The molecule has 1 aromatic heterocycles. The molecular weight excluding hydrogens is 296 g/mol. The molecule has 108 valence electrons. The lowest BCUT2D eigenvalue weighted by molar-refractivity contribution is 0.489. The van der Waals surface area contributed by atoms with Gasteiger partial charge >= 0.3 is 10.3 Å². The molecule has 1 aromatic carbocycles. The lowest BCUT2D eigenvalue weighted by Crippen LogP contribution is -2.10. The van der Waals surface area contributed by atoms with Gasteiger partial charge in [-0.25, -0.2) is 4.98 Å². The second kappa shape index (κ2) is 6.34. The fourth-order valence-electron chi connectivity index (χ4n) is 1.77. The number of thiazole rings is 1. The number of nitrogens with zero attached hydrogens (tertiary/aromatic N) is 1. The standard InChI is InChI=1S/C13H16N2O3S2/c1-2-12-9-14-13(19-12)8-5-10-3-6-11(7-4-10)15-20(16,17)18/h3-4,6-7,9,15H,2,5,8H2,1H3,(H,16,17,18). The first-order valence-corrected chi connectivity index (χ1v) is 8.49. The molecular formula is C13H16N2O3S2. The van der Waals surface area contributed by atoms with Gasteiger partial charge in [0.1, 0.15) is 0 Å². The van der Waals surface area contributed by atoms with Crippen molar-refractivity contribution >= 4 is 27.3 Å². The molecule has 0 unspecified atom stereocenters. The van der Waals surface area contributed by atoms with Gasteiger partial charge in [0.25, 0.3) is 0 Å².